The Morgan fingerprint density at radius 3 is 2.58 bits per heavy atom. The largest absolute Gasteiger partial charge is 0.464 e. The molecule has 1 aromatic carbocycles. The summed E-state index contributed by atoms with van der Waals surface area (Å²) in [6, 6.07) is 6.68. The third-order valence-corrected chi connectivity index (χ3v) is 10.3. The number of ether oxygens (including phenoxy) is 2. The summed E-state index contributed by atoms with van der Waals surface area (Å²) in [4.78, 5) is 26.6. The Balaban J connectivity index is 1.57. The first kappa shape index (κ1) is 36.1. The van der Waals surface area contributed by atoms with Gasteiger partial charge >= 0.3 is 5.97 Å². The number of halogens is 2. The van der Waals surface area contributed by atoms with Gasteiger partial charge in [0.15, 0.2) is 11.8 Å². The minimum atomic E-state index is -0.982. The fourth-order valence-corrected chi connectivity index (χ4v) is 7.39. The molecule has 4 heterocycles. The van der Waals surface area contributed by atoms with Crippen LogP contribution in [0.3, 0.4) is 0 Å². The van der Waals surface area contributed by atoms with E-state index in [1.165, 1.54) is 12.1 Å². The van der Waals surface area contributed by atoms with Crippen LogP contribution in [0, 0.1) is 24.1 Å². The normalized spacial score (nSPS) is 15.9. The van der Waals surface area contributed by atoms with E-state index in [1.807, 2.05) is 44.5 Å². The Kier molecular flexibility index (Phi) is 11.1. The molecule has 1 saturated heterocycles. The number of benzene rings is 1. The molecule has 3 aromatic heterocycles. The first-order chi connectivity index (χ1) is 22.7. The standard InChI is InChI=1S/C37H47BrFN5O3S/c1-9-46-35(45)32(47-36(5,6)7)31-24(4)41-30-21-29(33-40-22-27(48-33)19-25-12-13-26(39)20-28(25)38)42-44(30)34(31)43-17-15-37(8,16-18-43)14-10-11-23(2)3/h10,12-14,20-23,32H,9,11,15-19H2,1-8H3. The Morgan fingerprint density at radius 1 is 1.21 bits per heavy atom. The number of hydrogen-bond donors (Lipinski definition) is 0. The zero-order valence-corrected chi connectivity index (χ0v) is 31.7. The number of aryl methyl sites for hydroxylation is 1. The van der Waals surface area contributed by atoms with E-state index >= 15 is 0 Å². The molecular formula is C37H47BrFN5O3S. The highest BCUT2D eigenvalue weighted by Gasteiger charge is 2.37. The van der Waals surface area contributed by atoms with Crippen molar-refractivity contribution in [2.45, 2.75) is 92.8 Å². The Bertz CT molecular complexity index is 1790. The third kappa shape index (κ3) is 8.52. The lowest BCUT2D eigenvalue weighted by Crippen LogP contribution is -2.40. The summed E-state index contributed by atoms with van der Waals surface area (Å²) in [5, 5.41) is 5.84. The first-order valence-electron chi connectivity index (χ1n) is 16.7. The molecule has 5 rings (SSSR count). The molecule has 0 bridgehead atoms. The lowest BCUT2D eigenvalue weighted by Gasteiger charge is -2.40. The van der Waals surface area contributed by atoms with E-state index in [2.05, 4.69) is 53.8 Å². The molecule has 48 heavy (non-hydrogen) atoms. The number of fused-ring (bicyclic) bond motifs is 1. The number of allylic oxidation sites excluding steroid dienone is 2. The van der Waals surface area contributed by atoms with Crippen LogP contribution in [0.2, 0.25) is 0 Å². The average Bonchev–Trinajstić information content (AvgIpc) is 3.64. The van der Waals surface area contributed by atoms with Crippen LogP contribution in [0.5, 0.6) is 0 Å². The van der Waals surface area contributed by atoms with Gasteiger partial charge in [0.05, 0.1) is 17.8 Å². The van der Waals surface area contributed by atoms with Gasteiger partial charge in [-0.2, -0.15) is 9.61 Å². The van der Waals surface area contributed by atoms with Gasteiger partial charge in [-0.15, -0.1) is 11.3 Å². The zero-order chi connectivity index (χ0) is 34.8. The summed E-state index contributed by atoms with van der Waals surface area (Å²) in [6.45, 7) is 18.1. The molecule has 1 atom stereocenters. The number of aromatic nitrogens is 4. The SMILES string of the molecule is CCOC(=O)C(OC(C)(C)C)c1c(C)nc2cc(-c3ncc(Cc4ccc(F)cc4Br)s3)nn2c1N1CCC(C)(C=CCC(C)C)CC1. The first-order valence-corrected chi connectivity index (χ1v) is 18.3. The summed E-state index contributed by atoms with van der Waals surface area (Å²) >= 11 is 5.03. The van der Waals surface area contributed by atoms with Gasteiger partial charge in [0.2, 0.25) is 0 Å². The number of anilines is 1. The van der Waals surface area contributed by atoms with Gasteiger partial charge in [-0.05, 0) is 82.9 Å². The van der Waals surface area contributed by atoms with E-state index in [0.717, 1.165) is 58.1 Å². The zero-order valence-electron chi connectivity index (χ0n) is 29.3. The van der Waals surface area contributed by atoms with E-state index in [0.29, 0.717) is 34.9 Å². The van der Waals surface area contributed by atoms with Gasteiger partial charge in [-0.25, -0.2) is 19.2 Å². The predicted octanol–water partition coefficient (Wildman–Crippen LogP) is 9.28. The number of hydrogen-bond acceptors (Lipinski definition) is 8. The second-order valence-electron chi connectivity index (χ2n) is 14.3. The number of thiazole rings is 1. The predicted molar refractivity (Wildman–Crippen MR) is 194 cm³/mol. The summed E-state index contributed by atoms with van der Waals surface area (Å²) in [5.41, 5.74) is 3.17. The van der Waals surface area contributed by atoms with Crippen LogP contribution in [-0.4, -0.2) is 50.8 Å². The van der Waals surface area contributed by atoms with Gasteiger partial charge in [0.25, 0.3) is 0 Å². The van der Waals surface area contributed by atoms with Crippen LogP contribution in [0.15, 0.2) is 47.1 Å². The Morgan fingerprint density at radius 2 is 1.94 bits per heavy atom. The molecule has 0 saturated carbocycles. The lowest BCUT2D eigenvalue weighted by atomic mass is 9.79. The number of carbonyl (C=O) groups is 1. The topological polar surface area (TPSA) is 81.8 Å². The van der Waals surface area contributed by atoms with Crippen LogP contribution in [0.25, 0.3) is 16.3 Å². The van der Waals surface area contributed by atoms with Crippen LogP contribution in [0.4, 0.5) is 10.2 Å². The number of esters is 1. The lowest BCUT2D eigenvalue weighted by molar-refractivity contribution is -0.166. The maximum Gasteiger partial charge on any atom is 0.340 e. The van der Waals surface area contributed by atoms with Crippen molar-refractivity contribution < 1.29 is 18.7 Å². The van der Waals surface area contributed by atoms with Crippen molar-refractivity contribution in [1.29, 1.82) is 0 Å². The highest BCUT2D eigenvalue weighted by Crippen LogP contribution is 2.40. The molecule has 0 amide bonds. The van der Waals surface area contributed by atoms with E-state index in [1.54, 1.807) is 24.3 Å². The Labute approximate surface area is 295 Å². The minimum Gasteiger partial charge on any atom is -0.464 e. The molecule has 0 aliphatic carbocycles. The highest BCUT2D eigenvalue weighted by atomic mass is 79.9. The van der Waals surface area contributed by atoms with Gasteiger partial charge in [-0.3, -0.25) is 0 Å². The molecular weight excluding hydrogens is 693 g/mol. The van der Waals surface area contributed by atoms with Crippen molar-refractivity contribution in [3.63, 3.8) is 0 Å². The van der Waals surface area contributed by atoms with Crippen LogP contribution in [0.1, 0.15) is 95.5 Å². The minimum absolute atomic E-state index is 0.0846. The maximum atomic E-state index is 13.7. The highest BCUT2D eigenvalue weighted by molar-refractivity contribution is 9.10. The fourth-order valence-electron chi connectivity index (χ4n) is 6.01. The molecule has 0 N–H and O–H groups in total. The molecule has 1 unspecified atom stereocenters. The molecule has 0 spiro atoms. The molecule has 0 radical (unpaired) electrons. The molecule has 1 aliphatic heterocycles. The van der Waals surface area contributed by atoms with Crippen molar-refractivity contribution in [2.75, 3.05) is 24.6 Å². The van der Waals surface area contributed by atoms with Crippen molar-refractivity contribution in [2.24, 2.45) is 11.3 Å². The molecule has 258 valence electrons. The quantitative estimate of drug-likeness (QED) is 0.112. The second kappa shape index (κ2) is 14.8. The van der Waals surface area contributed by atoms with Crippen molar-refractivity contribution >= 4 is 44.7 Å². The van der Waals surface area contributed by atoms with Gasteiger partial charge in [-0.1, -0.05) is 54.9 Å². The molecule has 11 heteroatoms. The number of rotatable bonds is 11. The summed E-state index contributed by atoms with van der Waals surface area (Å²) < 4.78 is 28.3. The van der Waals surface area contributed by atoms with Crippen molar-refractivity contribution in [3.05, 3.63) is 74.6 Å². The number of carbonyl (C=O) groups excluding carboxylic acids is 1. The summed E-state index contributed by atoms with van der Waals surface area (Å²) in [6.07, 6.45) is 9.16. The van der Waals surface area contributed by atoms with Gasteiger partial charge in [0, 0.05) is 46.8 Å². The van der Waals surface area contributed by atoms with Crippen molar-refractivity contribution in [3.8, 4) is 10.7 Å². The molecule has 1 fully saturated rings. The van der Waals surface area contributed by atoms with Crippen molar-refractivity contribution in [1.82, 2.24) is 19.6 Å². The third-order valence-electron chi connectivity index (χ3n) is 8.52. The van der Waals surface area contributed by atoms with Crippen LogP contribution < -0.4 is 4.90 Å². The summed E-state index contributed by atoms with van der Waals surface area (Å²) in [5.74, 6) is 0.694. The summed E-state index contributed by atoms with van der Waals surface area (Å²) in [7, 11) is 0. The fraction of sp³-hybridized carbons (Fsp3) is 0.514. The van der Waals surface area contributed by atoms with Gasteiger partial charge < -0.3 is 14.4 Å². The number of piperidine rings is 1. The maximum absolute atomic E-state index is 13.7. The van der Waals surface area contributed by atoms with Gasteiger partial charge in [0.1, 0.15) is 22.3 Å². The average molecular weight is 741 g/mol. The van der Waals surface area contributed by atoms with E-state index in [9.17, 15) is 9.18 Å². The number of nitrogens with zero attached hydrogens (tertiary/aromatic N) is 5. The second-order valence-corrected chi connectivity index (χ2v) is 16.3. The van der Waals surface area contributed by atoms with Crippen LogP contribution >= 0.6 is 27.3 Å². The van der Waals surface area contributed by atoms with E-state index in [4.69, 9.17) is 24.5 Å². The van der Waals surface area contributed by atoms with E-state index < -0.39 is 17.7 Å². The molecule has 8 nitrogen and oxygen atoms in total. The molecule has 4 aromatic rings. The Hall–Kier alpha value is -3.15. The monoisotopic (exact) mass is 739 g/mol. The van der Waals surface area contributed by atoms with Crippen LogP contribution in [-0.2, 0) is 20.7 Å². The van der Waals surface area contributed by atoms with E-state index in [-0.39, 0.29) is 17.8 Å². The molecule has 1 aliphatic rings. The smallest absolute Gasteiger partial charge is 0.340 e.